The Kier molecular flexibility index (Phi) is 1.62. The number of phenolic OH excluding ortho intramolecular Hbond substituents is 1. The molecule has 1 aromatic carbocycles. The number of Topliss-reactive ketones (excluding diaryl/α,β-unsaturated/α-hetero) is 1. The molecule has 0 atom stereocenters. The standard InChI is InChI=1S/C9H8O4/c1-12-9-6(10)3-2-5-7(11)4-13-8(5)9/h2-3,10H,4H2,1H3. The van der Waals surface area contributed by atoms with Crippen LogP contribution in [0.1, 0.15) is 10.4 Å². The van der Waals surface area contributed by atoms with Gasteiger partial charge in [0.1, 0.15) is 0 Å². The van der Waals surface area contributed by atoms with Crippen molar-refractivity contribution in [2.45, 2.75) is 0 Å². The summed E-state index contributed by atoms with van der Waals surface area (Å²) in [7, 11) is 1.42. The summed E-state index contributed by atoms with van der Waals surface area (Å²) >= 11 is 0. The van der Waals surface area contributed by atoms with E-state index in [4.69, 9.17) is 9.47 Å². The molecule has 0 amide bonds. The predicted molar refractivity (Wildman–Crippen MR) is 44.5 cm³/mol. The molecule has 0 saturated heterocycles. The maximum absolute atomic E-state index is 11.2. The molecule has 1 N–H and O–H groups in total. The van der Waals surface area contributed by atoms with E-state index in [0.29, 0.717) is 11.3 Å². The maximum atomic E-state index is 11.2. The second kappa shape index (κ2) is 2.65. The molecule has 13 heavy (non-hydrogen) atoms. The molecular formula is C9H8O4. The van der Waals surface area contributed by atoms with Gasteiger partial charge in [-0.3, -0.25) is 4.79 Å². The number of methoxy groups -OCH3 is 1. The van der Waals surface area contributed by atoms with E-state index in [1.165, 1.54) is 19.2 Å². The highest BCUT2D eigenvalue weighted by molar-refractivity contribution is 6.03. The van der Waals surface area contributed by atoms with E-state index in [-0.39, 0.29) is 23.9 Å². The first kappa shape index (κ1) is 7.91. The number of fused-ring (bicyclic) bond motifs is 1. The first-order valence-corrected chi connectivity index (χ1v) is 3.80. The number of carbonyl (C=O) groups is 1. The van der Waals surface area contributed by atoms with Gasteiger partial charge < -0.3 is 14.6 Å². The summed E-state index contributed by atoms with van der Waals surface area (Å²) in [4.78, 5) is 11.2. The minimum Gasteiger partial charge on any atom is -0.504 e. The fourth-order valence-electron chi connectivity index (χ4n) is 1.33. The summed E-state index contributed by atoms with van der Waals surface area (Å²) in [5.74, 6) is 0.458. The molecule has 68 valence electrons. The Hall–Kier alpha value is -1.71. The lowest BCUT2D eigenvalue weighted by molar-refractivity contribution is 0.0960. The van der Waals surface area contributed by atoms with Crippen LogP contribution in [0.15, 0.2) is 12.1 Å². The Labute approximate surface area is 74.7 Å². The number of hydrogen-bond donors (Lipinski definition) is 1. The third-order valence-corrected chi connectivity index (χ3v) is 1.94. The van der Waals surface area contributed by atoms with Crippen molar-refractivity contribution < 1.29 is 19.4 Å². The van der Waals surface area contributed by atoms with Gasteiger partial charge in [0, 0.05) is 0 Å². The minimum absolute atomic E-state index is 0.0176. The van der Waals surface area contributed by atoms with Crippen LogP contribution in [0.25, 0.3) is 0 Å². The van der Waals surface area contributed by atoms with Crippen LogP contribution in [0.5, 0.6) is 17.2 Å². The third kappa shape index (κ3) is 1.02. The number of carbonyl (C=O) groups excluding carboxylic acids is 1. The fraction of sp³-hybridized carbons (Fsp3) is 0.222. The van der Waals surface area contributed by atoms with E-state index >= 15 is 0 Å². The molecule has 2 rings (SSSR count). The molecule has 0 aliphatic carbocycles. The first-order valence-electron chi connectivity index (χ1n) is 3.80. The first-order chi connectivity index (χ1) is 6.24. The Morgan fingerprint density at radius 3 is 3.00 bits per heavy atom. The summed E-state index contributed by atoms with van der Waals surface area (Å²) in [6.45, 7) is 0.0230. The number of aromatic hydroxyl groups is 1. The molecular weight excluding hydrogens is 172 g/mol. The molecule has 0 saturated carbocycles. The SMILES string of the molecule is COc1c(O)ccc2c1OCC2=O. The van der Waals surface area contributed by atoms with E-state index in [9.17, 15) is 9.90 Å². The highest BCUT2D eigenvalue weighted by Gasteiger charge is 2.26. The molecule has 1 aromatic rings. The zero-order chi connectivity index (χ0) is 9.42. The summed E-state index contributed by atoms with van der Waals surface area (Å²) < 4.78 is 9.99. The van der Waals surface area contributed by atoms with Crippen molar-refractivity contribution in [2.75, 3.05) is 13.7 Å². The number of rotatable bonds is 1. The van der Waals surface area contributed by atoms with Gasteiger partial charge in [0.05, 0.1) is 12.7 Å². The smallest absolute Gasteiger partial charge is 0.204 e. The quantitative estimate of drug-likeness (QED) is 0.699. The maximum Gasteiger partial charge on any atom is 0.204 e. The largest absolute Gasteiger partial charge is 0.504 e. The van der Waals surface area contributed by atoms with Crippen LogP contribution in [0.3, 0.4) is 0 Å². The molecule has 0 radical (unpaired) electrons. The highest BCUT2D eigenvalue weighted by Crippen LogP contribution is 2.41. The number of ether oxygens (including phenoxy) is 2. The lowest BCUT2D eigenvalue weighted by Gasteiger charge is -2.06. The van der Waals surface area contributed by atoms with Gasteiger partial charge in [-0.2, -0.15) is 0 Å². The Bertz CT molecular complexity index is 370. The van der Waals surface area contributed by atoms with Gasteiger partial charge in [0.2, 0.25) is 11.5 Å². The van der Waals surface area contributed by atoms with Crippen molar-refractivity contribution in [3.8, 4) is 17.2 Å². The van der Waals surface area contributed by atoms with Gasteiger partial charge in [0.15, 0.2) is 18.1 Å². The highest BCUT2D eigenvalue weighted by atomic mass is 16.5. The van der Waals surface area contributed by atoms with Crippen molar-refractivity contribution in [3.63, 3.8) is 0 Å². The van der Waals surface area contributed by atoms with E-state index in [2.05, 4.69) is 0 Å². The van der Waals surface area contributed by atoms with Crippen LogP contribution in [-0.2, 0) is 0 Å². The lowest BCUT2D eigenvalue weighted by Crippen LogP contribution is -1.98. The summed E-state index contributed by atoms with van der Waals surface area (Å²) in [5, 5.41) is 9.34. The van der Waals surface area contributed by atoms with Crippen molar-refractivity contribution in [1.82, 2.24) is 0 Å². The average Bonchev–Trinajstić information content (AvgIpc) is 2.48. The van der Waals surface area contributed by atoms with Crippen LogP contribution in [0, 0.1) is 0 Å². The third-order valence-electron chi connectivity index (χ3n) is 1.94. The zero-order valence-corrected chi connectivity index (χ0v) is 7.03. The Morgan fingerprint density at radius 2 is 2.31 bits per heavy atom. The summed E-state index contributed by atoms with van der Waals surface area (Å²) in [6, 6.07) is 2.95. The summed E-state index contributed by atoms with van der Waals surface area (Å²) in [6.07, 6.45) is 0. The van der Waals surface area contributed by atoms with Crippen molar-refractivity contribution >= 4 is 5.78 Å². The topological polar surface area (TPSA) is 55.8 Å². The molecule has 4 heteroatoms. The van der Waals surface area contributed by atoms with Crippen molar-refractivity contribution in [1.29, 1.82) is 0 Å². The zero-order valence-electron chi connectivity index (χ0n) is 7.03. The van der Waals surface area contributed by atoms with Gasteiger partial charge in [-0.05, 0) is 12.1 Å². The van der Waals surface area contributed by atoms with E-state index < -0.39 is 0 Å². The molecule has 0 unspecified atom stereocenters. The number of phenols is 1. The number of hydrogen-bond acceptors (Lipinski definition) is 4. The van der Waals surface area contributed by atoms with Gasteiger partial charge in [0.25, 0.3) is 0 Å². The van der Waals surface area contributed by atoms with Gasteiger partial charge in [-0.1, -0.05) is 0 Å². The van der Waals surface area contributed by atoms with E-state index in [1.54, 1.807) is 0 Å². The van der Waals surface area contributed by atoms with Crippen molar-refractivity contribution in [3.05, 3.63) is 17.7 Å². The Morgan fingerprint density at radius 1 is 1.54 bits per heavy atom. The monoisotopic (exact) mass is 180 g/mol. The summed E-state index contributed by atoms with van der Waals surface area (Å²) in [5.41, 5.74) is 0.467. The predicted octanol–water partition coefficient (Wildman–Crippen LogP) is 0.976. The second-order valence-electron chi connectivity index (χ2n) is 2.71. The van der Waals surface area contributed by atoms with Crippen LogP contribution >= 0.6 is 0 Å². The average molecular weight is 180 g/mol. The second-order valence-corrected chi connectivity index (χ2v) is 2.71. The van der Waals surface area contributed by atoms with Gasteiger partial charge >= 0.3 is 0 Å². The molecule has 1 aliphatic heterocycles. The van der Waals surface area contributed by atoms with Crippen LogP contribution < -0.4 is 9.47 Å². The normalized spacial score (nSPS) is 13.8. The minimum atomic E-state index is -0.0895. The van der Waals surface area contributed by atoms with Crippen molar-refractivity contribution in [2.24, 2.45) is 0 Å². The molecule has 0 spiro atoms. The molecule has 0 bridgehead atoms. The Balaban J connectivity index is 2.64. The van der Waals surface area contributed by atoms with Crippen LogP contribution in [0.2, 0.25) is 0 Å². The number of benzene rings is 1. The van der Waals surface area contributed by atoms with Gasteiger partial charge in [-0.15, -0.1) is 0 Å². The van der Waals surface area contributed by atoms with Crippen LogP contribution in [0.4, 0.5) is 0 Å². The molecule has 1 aliphatic rings. The van der Waals surface area contributed by atoms with E-state index in [0.717, 1.165) is 0 Å². The molecule has 4 nitrogen and oxygen atoms in total. The molecule has 0 aromatic heterocycles. The number of ketones is 1. The molecule has 0 fully saturated rings. The fourth-order valence-corrected chi connectivity index (χ4v) is 1.33. The lowest BCUT2D eigenvalue weighted by atomic mass is 10.1. The van der Waals surface area contributed by atoms with Gasteiger partial charge in [-0.25, -0.2) is 0 Å². The van der Waals surface area contributed by atoms with E-state index in [1.807, 2.05) is 0 Å². The van der Waals surface area contributed by atoms with Crippen LogP contribution in [-0.4, -0.2) is 24.6 Å². The molecule has 1 heterocycles.